The van der Waals surface area contributed by atoms with E-state index in [1.165, 1.54) is 6.92 Å². The number of carbonyl (C=O) groups is 2. The van der Waals surface area contributed by atoms with Gasteiger partial charge in [0.05, 0.1) is 38.0 Å². The van der Waals surface area contributed by atoms with E-state index >= 15 is 0 Å². The lowest BCUT2D eigenvalue weighted by molar-refractivity contribution is -0.227. The Labute approximate surface area is 194 Å². The molecule has 11 nitrogen and oxygen atoms in total. The summed E-state index contributed by atoms with van der Waals surface area (Å²) >= 11 is 0. The van der Waals surface area contributed by atoms with Crippen molar-refractivity contribution in [1.82, 2.24) is 10.6 Å². The number of aliphatic hydroxyl groups is 4. The molecule has 0 aromatic rings. The van der Waals surface area contributed by atoms with Crippen molar-refractivity contribution in [3.63, 3.8) is 0 Å². The number of amides is 1. The van der Waals surface area contributed by atoms with Crippen LogP contribution in [0.4, 0.5) is 0 Å². The fourth-order valence-electron chi connectivity index (χ4n) is 4.22. The molecular formula is C22H38N2O9. The number of aliphatic hydroxyl groups excluding tert-OH is 3. The average Bonchev–Trinajstić information content (AvgIpc) is 3.00. The molecule has 2 aliphatic rings. The SMILES string of the molecule is CCOC(=O)C1=CC(OC(CC)CC)C(NC(C)=O)C(NCC2(O)OC(CO)C(O)C2O)C1. The lowest BCUT2D eigenvalue weighted by Gasteiger charge is -2.40. The third-order valence-electron chi connectivity index (χ3n) is 6.08. The number of carbonyl (C=O) groups excluding carboxylic acids is 2. The minimum Gasteiger partial charge on any atom is -0.463 e. The molecule has 7 atom stereocenters. The lowest BCUT2D eigenvalue weighted by Crippen LogP contribution is -2.61. The van der Waals surface area contributed by atoms with Crippen LogP contribution in [0.25, 0.3) is 0 Å². The summed E-state index contributed by atoms with van der Waals surface area (Å²) in [5, 5.41) is 46.2. The van der Waals surface area contributed by atoms with E-state index in [0.717, 1.165) is 12.8 Å². The van der Waals surface area contributed by atoms with Gasteiger partial charge in [-0.15, -0.1) is 0 Å². The standard InChI is InChI=1S/C22H38N2O9/c1-5-14(6-2)32-16-9-13(21(29)31-7-3)8-15(18(16)24-12(4)26)23-11-22(30)20(28)19(27)17(10-25)33-22/h9,14-20,23,25,27-28,30H,5-8,10-11H2,1-4H3,(H,24,26). The summed E-state index contributed by atoms with van der Waals surface area (Å²) in [7, 11) is 0. The van der Waals surface area contributed by atoms with Gasteiger partial charge in [0.2, 0.25) is 11.7 Å². The second kappa shape index (κ2) is 12.2. The topological polar surface area (TPSA) is 167 Å². The molecule has 11 heteroatoms. The molecule has 1 aliphatic heterocycles. The van der Waals surface area contributed by atoms with Crippen LogP contribution in [0.15, 0.2) is 11.6 Å². The molecular weight excluding hydrogens is 436 g/mol. The predicted octanol–water partition coefficient (Wildman–Crippen LogP) is -1.28. The number of rotatable bonds is 11. The van der Waals surface area contributed by atoms with Gasteiger partial charge in [0.1, 0.15) is 18.3 Å². The first-order chi connectivity index (χ1) is 15.6. The Bertz CT molecular complexity index is 699. The van der Waals surface area contributed by atoms with E-state index in [1.54, 1.807) is 13.0 Å². The molecule has 7 unspecified atom stereocenters. The van der Waals surface area contributed by atoms with Gasteiger partial charge < -0.3 is 45.3 Å². The molecule has 190 valence electrons. The van der Waals surface area contributed by atoms with Gasteiger partial charge in [-0.2, -0.15) is 0 Å². The highest BCUT2D eigenvalue weighted by molar-refractivity contribution is 5.89. The van der Waals surface area contributed by atoms with Crippen molar-refractivity contribution in [2.75, 3.05) is 19.8 Å². The summed E-state index contributed by atoms with van der Waals surface area (Å²) in [6, 6.07) is -1.19. The molecule has 0 saturated carbocycles. The summed E-state index contributed by atoms with van der Waals surface area (Å²) in [5.74, 6) is -2.98. The molecule has 1 fully saturated rings. The number of ether oxygens (including phenoxy) is 3. The molecule has 1 amide bonds. The minimum atomic E-state index is -2.18. The second-order valence-corrected chi connectivity index (χ2v) is 8.49. The smallest absolute Gasteiger partial charge is 0.333 e. The number of hydrogen-bond donors (Lipinski definition) is 6. The van der Waals surface area contributed by atoms with E-state index in [0.29, 0.717) is 5.57 Å². The van der Waals surface area contributed by atoms with Gasteiger partial charge in [0.15, 0.2) is 0 Å². The summed E-state index contributed by atoms with van der Waals surface area (Å²) in [6.07, 6.45) is -1.74. The third kappa shape index (κ3) is 6.72. The van der Waals surface area contributed by atoms with Crippen molar-refractivity contribution in [3.8, 4) is 0 Å². The molecule has 0 aromatic heterocycles. The molecule has 0 radical (unpaired) electrons. The molecule has 33 heavy (non-hydrogen) atoms. The van der Waals surface area contributed by atoms with Crippen molar-refractivity contribution in [2.24, 2.45) is 0 Å². The van der Waals surface area contributed by atoms with Crippen LogP contribution in [0.5, 0.6) is 0 Å². The van der Waals surface area contributed by atoms with Crippen molar-refractivity contribution >= 4 is 11.9 Å². The van der Waals surface area contributed by atoms with Crippen molar-refractivity contribution < 1.29 is 44.2 Å². The normalized spacial score (nSPS) is 34.3. The molecule has 6 N–H and O–H groups in total. The molecule has 1 aliphatic carbocycles. The van der Waals surface area contributed by atoms with Crippen LogP contribution in [0.2, 0.25) is 0 Å². The molecule has 0 aromatic carbocycles. The zero-order chi connectivity index (χ0) is 24.8. The highest BCUT2D eigenvalue weighted by atomic mass is 16.7. The van der Waals surface area contributed by atoms with Gasteiger partial charge in [0.25, 0.3) is 0 Å². The van der Waals surface area contributed by atoms with Crippen LogP contribution in [0.1, 0.15) is 47.0 Å². The average molecular weight is 475 g/mol. The summed E-state index contributed by atoms with van der Waals surface area (Å²) in [4.78, 5) is 24.5. The van der Waals surface area contributed by atoms with Crippen LogP contribution in [-0.2, 0) is 23.8 Å². The van der Waals surface area contributed by atoms with Crippen LogP contribution in [-0.4, -0.2) is 100 Å². The van der Waals surface area contributed by atoms with Gasteiger partial charge in [-0.1, -0.05) is 13.8 Å². The van der Waals surface area contributed by atoms with Gasteiger partial charge in [-0.05, 0) is 32.3 Å². The molecule has 0 bridgehead atoms. The Balaban J connectivity index is 2.29. The van der Waals surface area contributed by atoms with Crippen LogP contribution < -0.4 is 10.6 Å². The first-order valence-corrected chi connectivity index (χ1v) is 11.5. The largest absolute Gasteiger partial charge is 0.463 e. The maximum absolute atomic E-state index is 12.5. The fourth-order valence-corrected chi connectivity index (χ4v) is 4.22. The monoisotopic (exact) mass is 474 g/mol. The Morgan fingerprint density at radius 1 is 1.27 bits per heavy atom. The summed E-state index contributed by atoms with van der Waals surface area (Å²) in [6.45, 7) is 6.31. The van der Waals surface area contributed by atoms with Crippen molar-refractivity contribution in [1.29, 1.82) is 0 Å². The van der Waals surface area contributed by atoms with E-state index in [9.17, 15) is 30.0 Å². The quantitative estimate of drug-likeness (QED) is 0.198. The number of nitrogens with one attached hydrogen (secondary N) is 2. The molecule has 1 heterocycles. The summed E-state index contributed by atoms with van der Waals surface area (Å²) in [5.41, 5.74) is 0.361. The van der Waals surface area contributed by atoms with E-state index in [-0.39, 0.29) is 31.6 Å². The predicted molar refractivity (Wildman–Crippen MR) is 117 cm³/mol. The van der Waals surface area contributed by atoms with Crippen LogP contribution >= 0.6 is 0 Å². The molecule has 1 saturated heterocycles. The zero-order valence-electron chi connectivity index (χ0n) is 19.7. The van der Waals surface area contributed by atoms with Crippen LogP contribution in [0.3, 0.4) is 0 Å². The van der Waals surface area contributed by atoms with Crippen molar-refractivity contribution in [2.45, 2.75) is 95.3 Å². The Morgan fingerprint density at radius 2 is 1.94 bits per heavy atom. The second-order valence-electron chi connectivity index (χ2n) is 8.49. The maximum Gasteiger partial charge on any atom is 0.333 e. The van der Waals surface area contributed by atoms with E-state index in [4.69, 9.17) is 14.2 Å². The Morgan fingerprint density at radius 3 is 2.45 bits per heavy atom. The first-order valence-electron chi connectivity index (χ1n) is 11.5. The van der Waals surface area contributed by atoms with E-state index in [2.05, 4.69) is 10.6 Å². The molecule has 0 spiro atoms. The first kappa shape index (κ1) is 27.6. The fraction of sp³-hybridized carbons (Fsp3) is 0.818. The van der Waals surface area contributed by atoms with Gasteiger partial charge in [-0.25, -0.2) is 4.79 Å². The number of hydrogen-bond acceptors (Lipinski definition) is 10. The minimum absolute atomic E-state index is 0.102. The zero-order valence-corrected chi connectivity index (χ0v) is 19.7. The Kier molecular flexibility index (Phi) is 10.2. The van der Waals surface area contributed by atoms with Crippen LogP contribution in [0, 0.1) is 0 Å². The van der Waals surface area contributed by atoms with Gasteiger partial charge >= 0.3 is 5.97 Å². The number of esters is 1. The van der Waals surface area contributed by atoms with Crippen molar-refractivity contribution in [3.05, 3.63) is 11.6 Å². The Hall–Kier alpha value is -1.60. The highest BCUT2D eigenvalue weighted by Crippen LogP contribution is 2.30. The third-order valence-corrected chi connectivity index (χ3v) is 6.08. The highest BCUT2D eigenvalue weighted by Gasteiger charge is 2.53. The van der Waals surface area contributed by atoms with Gasteiger partial charge in [-0.3, -0.25) is 4.79 Å². The van der Waals surface area contributed by atoms with Gasteiger partial charge in [0, 0.05) is 18.5 Å². The van der Waals surface area contributed by atoms with E-state index in [1.807, 2.05) is 13.8 Å². The lowest BCUT2D eigenvalue weighted by atomic mass is 9.87. The molecule has 2 rings (SSSR count). The summed E-state index contributed by atoms with van der Waals surface area (Å²) < 4.78 is 16.7. The maximum atomic E-state index is 12.5. The van der Waals surface area contributed by atoms with E-state index < -0.39 is 54.9 Å².